The summed E-state index contributed by atoms with van der Waals surface area (Å²) in [4.78, 5) is 12.3. The molecule has 0 atom stereocenters. The zero-order valence-corrected chi connectivity index (χ0v) is 16.0. The van der Waals surface area contributed by atoms with Crippen LogP contribution in [0.25, 0.3) is 0 Å². The van der Waals surface area contributed by atoms with Crippen molar-refractivity contribution in [2.24, 2.45) is 0 Å². The Morgan fingerprint density at radius 3 is 2.39 bits per heavy atom. The van der Waals surface area contributed by atoms with Gasteiger partial charge in [0.25, 0.3) is 5.91 Å². The van der Waals surface area contributed by atoms with E-state index >= 15 is 0 Å². The molecule has 0 fully saturated rings. The van der Waals surface area contributed by atoms with Crippen LogP contribution in [-0.2, 0) is 6.54 Å². The first-order chi connectivity index (χ1) is 13.6. The predicted molar refractivity (Wildman–Crippen MR) is 107 cm³/mol. The molecule has 0 aliphatic rings. The van der Waals surface area contributed by atoms with Gasteiger partial charge in [-0.25, -0.2) is 0 Å². The lowest BCUT2D eigenvalue weighted by Gasteiger charge is -2.12. The van der Waals surface area contributed by atoms with E-state index in [9.17, 15) is 4.79 Å². The molecule has 28 heavy (non-hydrogen) atoms. The number of anilines is 2. The summed E-state index contributed by atoms with van der Waals surface area (Å²) < 4.78 is 10.5. The molecular weight excluding hydrogens is 356 g/mol. The molecule has 0 aliphatic heterocycles. The summed E-state index contributed by atoms with van der Waals surface area (Å²) in [6, 6.07) is 16.7. The van der Waals surface area contributed by atoms with Crippen molar-refractivity contribution in [2.75, 3.05) is 19.5 Å². The summed E-state index contributed by atoms with van der Waals surface area (Å²) >= 11 is 0. The van der Waals surface area contributed by atoms with E-state index in [0.29, 0.717) is 29.5 Å². The Morgan fingerprint density at radius 2 is 1.75 bits per heavy atom. The second kappa shape index (κ2) is 8.85. The highest BCUT2D eigenvalue weighted by Gasteiger charge is 2.10. The van der Waals surface area contributed by atoms with Gasteiger partial charge < -0.3 is 20.1 Å². The topological polar surface area (TPSA) is 85.4 Å². The fraction of sp³-hybridized carbons (Fsp3) is 0.190. The summed E-state index contributed by atoms with van der Waals surface area (Å²) in [6.07, 6.45) is 0. The Balaban J connectivity index is 1.63. The maximum atomic E-state index is 12.3. The van der Waals surface area contributed by atoms with Gasteiger partial charge in [0.2, 0.25) is 0 Å². The normalized spacial score (nSPS) is 10.2. The van der Waals surface area contributed by atoms with Crippen molar-refractivity contribution in [3.63, 3.8) is 0 Å². The van der Waals surface area contributed by atoms with Crippen LogP contribution in [0.5, 0.6) is 11.5 Å². The molecule has 0 bridgehead atoms. The molecule has 1 amide bonds. The van der Waals surface area contributed by atoms with Crippen molar-refractivity contribution in [1.29, 1.82) is 0 Å². The maximum Gasteiger partial charge on any atom is 0.272 e. The van der Waals surface area contributed by atoms with Gasteiger partial charge in [-0.3, -0.25) is 4.79 Å². The van der Waals surface area contributed by atoms with Gasteiger partial charge in [-0.1, -0.05) is 29.8 Å². The fourth-order valence-corrected chi connectivity index (χ4v) is 2.54. The number of hydrogen-bond acceptors (Lipinski definition) is 6. The number of carbonyl (C=O) groups is 1. The van der Waals surface area contributed by atoms with Crippen molar-refractivity contribution in [3.05, 3.63) is 71.4 Å². The van der Waals surface area contributed by atoms with Gasteiger partial charge in [0.05, 0.1) is 19.9 Å². The predicted octanol–water partition coefficient (Wildman–Crippen LogP) is 3.48. The van der Waals surface area contributed by atoms with Gasteiger partial charge in [-0.15, -0.1) is 10.2 Å². The summed E-state index contributed by atoms with van der Waals surface area (Å²) in [5, 5.41) is 14.0. The van der Waals surface area contributed by atoms with E-state index in [1.165, 1.54) is 5.56 Å². The number of nitrogens with one attached hydrogen (secondary N) is 2. The molecule has 0 aliphatic carbocycles. The van der Waals surface area contributed by atoms with E-state index in [1.807, 2.05) is 43.3 Å². The minimum Gasteiger partial charge on any atom is -0.497 e. The van der Waals surface area contributed by atoms with E-state index < -0.39 is 0 Å². The molecule has 7 heteroatoms. The molecular formula is C21H22N4O3. The molecule has 2 aromatic carbocycles. The van der Waals surface area contributed by atoms with Gasteiger partial charge >= 0.3 is 0 Å². The largest absolute Gasteiger partial charge is 0.497 e. The Bertz CT molecular complexity index is 941. The van der Waals surface area contributed by atoms with Crippen LogP contribution in [0.2, 0.25) is 0 Å². The van der Waals surface area contributed by atoms with Crippen LogP contribution in [0.15, 0.2) is 54.6 Å². The molecule has 1 aromatic heterocycles. The number of carbonyl (C=O) groups excluding carboxylic acids is 1. The van der Waals surface area contributed by atoms with E-state index in [-0.39, 0.29) is 11.6 Å². The molecule has 0 radical (unpaired) electrons. The summed E-state index contributed by atoms with van der Waals surface area (Å²) in [5.74, 6) is 1.52. The monoisotopic (exact) mass is 378 g/mol. The number of aromatic nitrogens is 2. The first-order valence-electron chi connectivity index (χ1n) is 8.75. The average Bonchev–Trinajstić information content (AvgIpc) is 2.74. The number of ether oxygens (including phenoxy) is 2. The first-order valence-corrected chi connectivity index (χ1v) is 8.75. The third kappa shape index (κ3) is 4.76. The third-order valence-electron chi connectivity index (χ3n) is 4.14. The van der Waals surface area contributed by atoms with Crippen molar-refractivity contribution in [1.82, 2.24) is 15.5 Å². The van der Waals surface area contributed by atoms with Crippen LogP contribution in [0.1, 0.15) is 21.6 Å². The Labute approximate surface area is 163 Å². The molecule has 3 rings (SSSR count). The Morgan fingerprint density at radius 1 is 0.964 bits per heavy atom. The lowest BCUT2D eigenvalue weighted by Crippen LogP contribution is -2.24. The zero-order valence-electron chi connectivity index (χ0n) is 16.0. The summed E-state index contributed by atoms with van der Waals surface area (Å²) in [7, 11) is 3.17. The quantitative estimate of drug-likeness (QED) is 0.655. The van der Waals surface area contributed by atoms with Crippen LogP contribution in [-0.4, -0.2) is 30.3 Å². The molecule has 0 saturated heterocycles. The zero-order chi connectivity index (χ0) is 19.9. The highest BCUT2D eigenvalue weighted by Crippen LogP contribution is 2.30. The first kappa shape index (κ1) is 19.2. The standard InChI is InChI=1S/C21H22N4O3/c1-14-4-6-15(7-5-14)13-22-21(26)18-10-11-20(25-24-18)23-17-9-8-16(27-2)12-19(17)28-3/h4-12H,13H2,1-3H3,(H,22,26)(H,23,25). The molecule has 2 N–H and O–H groups in total. The second-order valence-corrected chi connectivity index (χ2v) is 6.16. The molecule has 7 nitrogen and oxygen atoms in total. The molecule has 1 heterocycles. The third-order valence-corrected chi connectivity index (χ3v) is 4.14. The number of hydrogen-bond donors (Lipinski definition) is 2. The highest BCUT2D eigenvalue weighted by atomic mass is 16.5. The Kier molecular flexibility index (Phi) is 6.06. The molecule has 0 unspecified atom stereocenters. The smallest absolute Gasteiger partial charge is 0.272 e. The van der Waals surface area contributed by atoms with Crippen LogP contribution >= 0.6 is 0 Å². The van der Waals surface area contributed by atoms with E-state index in [4.69, 9.17) is 9.47 Å². The van der Waals surface area contributed by atoms with E-state index in [1.54, 1.807) is 32.4 Å². The summed E-state index contributed by atoms with van der Waals surface area (Å²) in [5.41, 5.74) is 3.17. The molecule has 144 valence electrons. The number of methoxy groups -OCH3 is 2. The highest BCUT2D eigenvalue weighted by molar-refractivity contribution is 5.92. The van der Waals surface area contributed by atoms with E-state index in [0.717, 1.165) is 5.56 Å². The number of aryl methyl sites for hydroxylation is 1. The van der Waals surface area contributed by atoms with Crippen LogP contribution in [0.4, 0.5) is 11.5 Å². The van der Waals surface area contributed by atoms with Gasteiger partial charge in [0.15, 0.2) is 11.5 Å². The number of benzene rings is 2. The van der Waals surface area contributed by atoms with Gasteiger partial charge in [-0.05, 0) is 36.8 Å². The van der Waals surface area contributed by atoms with Gasteiger partial charge in [-0.2, -0.15) is 0 Å². The minimum atomic E-state index is -0.276. The number of nitrogens with zero attached hydrogens (tertiary/aromatic N) is 2. The Hall–Kier alpha value is -3.61. The summed E-state index contributed by atoms with van der Waals surface area (Å²) in [6.45, 7) is 2.46. The average molecular weight is 378 g/mol. The van der Waals surface area contributed by atoms with E-state index in [2.05, 4.69) is 20.8 Å². The molecule has 0 saturated carbocycles. The van der Waals surface area contributed by atoms with Crippen molar-refractivity contribution < 1.29 is 14.3 Å². The van der Waals surface area contributed by atoms with Crippen LogP contribution < -0.4 is 20.1 Å². The van der Waals surface area contributed by atoms with Gasteiger partial charge in [0.1, 0.15) is 11.5 Å². The molecule has 0 spiro atoms. The lowest BCUT2D eigenvalue weighted by atomic mass is 10.1. The molecule has 3 aromatic rings. The van der Waals surface area contributed by atoms with Crippen molar-refractivity contribution in [2.45, 2.75) is 13.5 Å². The minimum absolute atomic E-state index is 0.249. The van der Waals surface area contributed by atoms with Crippen LogP contribution in [0.3, 0.4) is 0 Å². The lowest BCUT2D eigenvalue weighted by molar-refractivity contribution is 0.0945. The number of amides is 1. The van der Waals surface area contributed by atoms with Crippen molar-refractivity contribution in [3.8, 4) is 11.5 Å². The van der Waals surface area contributed by atoms with Crippen LogP contribution in [0, 0.1) is 6.92 Å². The fourth-order valence-electron chi connectivity index (χ4n) is 2.54. The number of rotatable bonds is 7. The second-order valence-electron chi connectivity index (χ2n) is 6.16. The van der Waals surface area contributed by atoms with Crippen molar-refractivity contribution >= 4 is 17.4 Å². The SMILES string of the molecule is COc1ccc(Nc2ccc(C(=O)NCc3ccc(C)cc3)nn2)c(OC)c1. The maximum absolute atomic E-state index is 12.3. The van der Waals surface area contributed by atoms with Gasteiger partial charge in [0, 0.05) is 12.6 Å².